The van der Waals surface area contributed by atoms with Crippen LogP contribution >= 0.6 is 0 Å². The summed E-state index contributed by atoms with van der Waals surface area (Å²) in [6, 6.07) is 0.870. The van der Waals surface area contributed by atoms with Gasteiger partial charge in [-0.05, 0) is 57.3 Å². The summed E-state index contributed by atoms with van der Waals surface area (Å²) in [5, 5.41) is 24.6. The van der Waals surface area contributed by atoms with E-state index in [1.54, 1.807) is 9.80 Å². The Morgan fingerprint density at radius 3 is 2.37 bits per heavy atom. The first-order valence-corrected chi connectivity index (χ1v) is 11.8. The fourth-order valence-corrected chi connectivity index (χ4v) is 6.02. The van der Waals surface area contributed by atoms with E-state index in [0.717, 1.165) is 38.7 Å². The Kier molecular flexibility index (Phi) is 5.54. The predicted molar refractivity (Wildman–Crippen MR) is 108 cm³/mol. The minimum atomic E-state index is -1.14. The molecule has 5 aliphatic rings. The van der Waals surface area contributed by atoms with E-state index < -0.39 is 11.7 Å². The quantitative estimate of drug-likeness (QED) is 0.587. The van der Waals surface area contributed by atoms with Crippen molar-refractivity contribution in [2.75, 3.05) is 32.8 Å². The highest BCUT2D eigenvalue weighted by atomic mass is 16.5. The predicted octanol–water partition coefficient (Wildman–Crippen LogP) is -0.131. The third-order valence-corrected chi connectivity index (χ3v) is 8.14. The highest BCUT2D eigenvalue weighted by Gasteiger charge is 2.50. The number of carbonyl (C=O) groups is 2. The zero-order chi connectivity index (χ0) is 20.9. The summed E-state index contributed by atoms with van der Waals surface area (Å²) in [5.41, 5.74) is -1.14. The highest BCUT2D eigenvalue weighted by molar-refractivity contribution is 5.88. The number of nitrogens with one attached hydrogen (secondary N) is 1. The molecule has 3 heterocycles. The Bertz CT molecular complexity index is 676. The molecule has 168 valence electrons. The minimum absolute atomic E-state index is 0.0269. The molecule has 6 atom stereocenters. The molecule has 2 saturated carbocycles. The molecular formula is C22H35N3O5. The normalized spacial score (nSPS) is 40.7. The number of fused-ring (bicyclic) bond motifs is 1. The molecule has 8 heteroatoms. The van der Waals surface area contributed by atoms with Crippen molar-refractivity contribution >= 4 is 11.8 Å². The van der Waals surface area contributed by atoms with E-state index >= 15 is 0 Å². The maximum atomic E-state index is 13.1. The topological polar surface area (TPSA) is 102 Å². The first kappa shape index (κ1) is 20.7. The van der Waals surface area contributed by atoms with Crippen molar-refractivity contribution in [3.63, 3.8) is 0 Å². The van der Waals surface area contributed by atoms with Crippen LogP contribution in [0.4, 0.5) is 0 Å². The van der Waals surface area contributed by atoms with Crippen molar-refractivity contribution < 1.29 is 24.5 Å². The number of aliphatic hydroxyl groups excluding tert-OH is 1. The van der Waals surface area contributed by atoms with Gasteiger partial charge in [-0.15, -0.1) is 0 Å². The second-order valence-corrected chi connectivity index (χ2v) is 10.1. The molecule has 8 nitrogen and oxygen atoms in total. The second kappa shape index (κ2) is 8.04. The SMILES string of the molecule is O=C(C1CCC(C2CCC3OCCC3N2)CC1O)N1CCN(C(=O)C2(O)CC2)CC1. The van der Waals surface area contributed by atoms with Gasteiger partial charge in [0.2, 0.25) is 5.91 Å². The van der Waals surface area contributed by atoms with Gasteiger partial charge in [0.25, 0.3) is 5.91 Å². The average Bonchev–Trinajstić information content (AvgIpc) is 3.34. The van der Waals surface area contributed by atoms with Crippen molar-refractivity contribution in [2.24, 2.45) is 11.8 Å². The zero-order valence-electron chi connectivity index (χ0n) is 17.7. The van der Waals surface area contributed by atoms with Crippen LogP contribution in [-0.2, 0) is 14.3 Å². The van der Waals surface area contributed by atoms with Gasteiger partial charge in [0.1, 0.15) is 5.60 Å². The maximum Gasteiger partial charge on any atom is 0.254 e. The molecule has 0 radical (unpaired) electrons. The summed E-state index contributed by atoms with van der Waals surface area (Å²) in [6.45, 7) is 2.75. The fourth-order valence-electron chi connectivity index (χ4n) is 6.02. The van der Waals surface area contributed by atoms with Gasteiger partial charge in [-0.25, -0.2) is 0 Å². The molecule has 30 heavy (non-hydrogen) atoms. The van der Waals surface area contributed by atoms with E-state index in [4.69, 9.17) is 4.74 Å². The number of hydrogen-bond donors (Lipinski definition) is 3. The molecule has 5 fully saturated rings. The Hall–Kier alpha value is -1.22. The number of piperazine rings is 1. The van der Waals surface area contributed by atoms with Crippen LogP contribution in [0.5, 0.6) is 0 Å². The van der Waals surface area contributed by atoms with Gasteiger partial charge in [0.05, 0.1) is 18.1 Å². The van der Waals surface area contributed by atoms with E-state index in [1.165, 1.54) is 0 Å². The van der Waals surface area contributed by atoms with Crippen molar-refractivity contribution in [2.45, 2.75) is 81.3 Å². The molecule has 0 aromatic rings. The number of aliphatic hydroxyl groups is 2. The lowest BCUT2D eigenvalue weighted by molar-refractivity contribution is -0.151. The summed E-state index contributed by atoms with van der Waals surface area (Å²) in [5.74, 6) is -0.0781. The standard InChI is InChI=1S/C22H35N3O5/c26-18-13-14(16-3-4-19-17(23-16)5-12-30-19)1-2-15(18)20(27)24-8-10-25(11-9-24)21(28)22(29)6-7-22/h14-19,23,26,29H,1-13H2. The van der Waals surface area contributed by atoms with Crippen LogP contribution < -0.4 is 5.32 Å². The number of rotatable bonds is 3. The number of nitrogens with zero attached hydrogens (tertiary/aromatic N) is 2. The fraction of sp³-hybridized carbons (Fsp3) is 0.909. The Morgan fingerprint density at radius 1 is 0.933 bits per heavy atom. The van der Waals surface area contributed by atoms with Crippen molar-refractivity contribution in [1.82, 2.24) is 15.1 Å². The number of ether oxygens (including phenoxy) is 1. The molecule has 3 saturated heterocycles. The number of carbonyl (C=O) groups excluding carboxylic acids is 2. The minimum Gasteiger partial charge on any atom is -0.392 e. The molecule has 3 aliphatic heterocycles. The Balaban J connectivity index is 1.11. The molecular weight excluding hydrogens is 386 g/mol. The zero-order valence-corrected chi connectivity index (χ0v) is 17.7. The van der Waals surface area contributed by atoms with Gasteiger partial charge in [-0.3, -0.25) is 9.59 Å². The first-order chi connectivity index (χ1) is 14.4. The molecule has 5 rings (SSSR count). The summed E-state index contributed by atoms with van der Waals surface area (Å²) >= 11 is 0. The number of amides is 2. The van der Waals surface area contributed by atoms with Gasteiger partial charge < -0.3 is 30.1 Å². The number of hydrogen-bond acceptors (Lipinski definition) is 6. The van der Waals surface area contributed by atoms with Crippen LogP contribution in [0.25, 0.3) is 0 Å². The second-order valence-electron chi connectivity index (χ2n) is 10.1. The Morgan fingerprint density at radius 2 is 1.67 bits per heavy atom. The smallest absolute Gasteiger partial charge is 0.254 e. The Labute approximate surface area is 177 Å². The van der Waals surface area contributed by atoms with Crippen LogP contribution in [0.3, 0.4) is 0 Å². The lowest BCUT2D eigenvalue weighted by Gasteiger charge is -2.43. The largest absolute Gasteiger partial charge is 0.392 e. The molecule has 2 aliphatic carbocycles. The lowest BCUT2D eigenvalue weighted by Crippen LogP contribution is -2.56. The number of piperidine rings is 1. The van der Waals surface area contributed by atoms with Crippen molar-refractivity contribution in [3.8, 4) is 0 Å². The summed E-state index contributed by atoms with van der Waals surface area (Å²) in [6.07, 6.45) is 6.48. The molecule has 0 aromatic carbocycles. The van der Waals surface area contributed by atoms with E-state index in [1.807, 2.05) is 0 Å². The molecule has 3 N–H and O–H groups in total. The van der Waals surface area contributed by atoms with Crippen LogP contribution in [0.2, 0.25) is 0 Å². The van der Waals surface area contributed by atoms with E-state index in [0.29, 0.717) is 69.5 Å². The average molecular weight is 422 g/mol. The lowest BCUT2D eigenvalue weighted by atomic mass is 9.73. The van der Waals surface area contributed by atoms with Gasteiger partial charge in [-0.2, -0.15) is 0 Å². The van der Waals surface area contributed by atoms with Crippen molar-refractivity contribution in [1.29, 1.82) is 0 Å². The van der Waals surface area contributed by atoms with E-state index in [-0.39, 0.29) is 17.7 Å². The van der Waals surface area contributed by atoms with Crippen molar-refractivity contribution in [3.05, 3.63) is 0 Å². The van der Waals surface area contributed by atoms with Crippen LogP contribution in [0, 0.1) is 11.8 Å². The van der Waals surface area contributed by atoms with Gasteiger partial charge in [0, 0.05) is 44.9 Å². The summed E-state index contributed by atoms with van der Waals surface area (Å²) < 4.78 is 5.77. The third-order valence-electron chi connectivity index (χ3n) is 8.14. The van der Waals surface area contributed by atoms with E-state index in [2.05, 4.69) is 5.32 Å². The van der Waals surface area contributed by atoms with Crippen LogP contribution in [0.1, 0.15) is 51.4 Å². The molecule has 2 amide bonds. The monoisotopic (exact) mass is 421 g/mol. The summed E-state index contributed by atoms with van der Waals surface area (Å²) in [4.78, 5) is 28.8. The maximum absolute atomic E-state index is 13.1. The third kappa shape index (κ3) is 3.87. The molecule has 0 aromatic heterocycles. The van der Waals surface area contributed by atoms with Gasteiger partial charge >= 0.3 is 0 Å². The summed E-state index contributed by atoms with van der Waals surface area (Å²) in [7, 11) is 0. The van der Waals surface area contributed by atoms with Crippen LogP contribution in [-0.4, -0.2) is 94.5 Å². The molecule has 0 spiro atoms. The molecule has 6 unspecified atom stereocenters. The first-order valence-electron chi connectivity index (χ1n) is 11.8. The van der Waals surface area contributed by atoms with E-state index in [9.17, 15) is 19.8 Å². The van der Waals surface area contributed by atoms with Gasteiger partial charge in [0.15, 0.2) is 0 Å². The van der Waals surface area contributed by atoms with Crippen LogP contribution in [0.15, 0.2) is 0 Å². The molecule has 0 bridgehead atoms. The van der Waals surface area contributed by atoms with Gasteiger partial charge in [-0.1, -0.05) is 0 Å². The highest BCUT2D eigenvalue weighted by Crippen LogP contribution is 2.38.